The van der Waals surface area contributed by atoms with Crippen molar-refractivity contribution in [2.45, 2.75) is 45.5 Å². The molecule has 0 aromatic heterocycles. The van der Waals surface area contributed by atoms with E-state index in [2.05, 4.69) is 77.8 Å². The van der Waals surface area contributed by atoms with Crippen molar-refractivity contribution in [2.75, 3.05) is 6.54 Å². The van der Waals surface area contributed by atoms with Crippen LogP contribution in [-0.4, -0.2) is 23.5 Å². The SMILES string of the molecule is Cc1cccc(CN2CCc3ccc(O[C@@H](C)C(=O)NCc4ccc(F)cc4)cc3[C@@H]2c2ccccc2)c1. The van der Waals surface area contributed by atoms with Gasteiger partial charge in [-0.25, -0.2) is 4.39 Å². The lowest BCUT2D eigenvalue weighted by Crippen LogP contribution is -2.37. The number of carbonyl (C=O) groups is 1. The minimum absolute atomic E-state index is 0.0895. The third-order valence-electron chi connectivity index (χ3n) is 7.09. The minimum atomic E-state index is -0.671. The molecule has 0 spiro atoms. The largest absolute Gasteiger partial charge is 0.481 e. The molecule has 2 atom stereocenters. The topological polar surface area (TPSA) is 41.6 Å². The van der Waals surface area contributed by atoms with Crippen LogP contribution in [0.2, 0.25) is 0 Å². The smallest absolute Gasteiger partial charge is 0.261 e. The summed E-state index contributed by atoms with van der Waals surface area (Å²) >= 11 is 0. The molecule has 5 heteroatoms. The first-order valence-electron chi connectivity index (χ1n) is 13.1. The number of halogens is 1. The van der Waals surface area contributed by atoms with Crippen molar-refractivity contribution in [3.8, 4) is 5.75 Å². The summed E-state index contributed by atoms with van der Waals surface area (Å²) in [7, 11) is 0. The Morgan fingerprint density at radius 1 is 0.974 bits per heavy atom. The van der Waals surface area contributed by atoms with Gasteiger partial charge in [0, 0.05) is 19.6 Å². The summed E-state index contributed by atoms with van der Waals surface area (Å²) in [5.41, 5.74) is 7.15. The number of ether oxygens (including phenoxy) is 1. The number of benzene rings is 4. The Hall–Kier alpha value is -3.96. The zero-order valence-corrected chi connectivity index (χ0v) is 21.9. The second kappa shape index (κ2) is 11.6. The Morgan fingerprint density at radius 2 is 1.76 bits per heavy atom. The molecule has 0 fully saturated rings. The third-order valence-corrected chi connectivity index (χ3v) is 7.09. The third kappa shape index (κ3) is 6.12. The highest BCUT2D eigenvalue weighted by atomic mass is 19.1. The first kappa shape index (κ1) is 25.7. The number of carbonyl (C=O) groups excluding carboxylic acids is 1. The minimum Gasteiger partial charge on any atom is -0.481 e. The Morgan fingerprint density at radius 3 is 2.53 bits per heavy atom. The molecule has 1 N–H and O–H groups in total. The molecule has 0 saturated heterocycles. The number of hydrogen-bond donors (Lipinski definition) is 1. The van der Waals surface area contributed by atoms with Gasteiger partial charge in [0.2, 0.25) is 0 Å². The van der Waals surface area contributed by atoms with Gasteiger partial charge in [0.15, 0.2) is 6.10 Å². The molecule has 194 valence electrons. The highest BCUT2D eigenvalue weighted by Crippen LogP contribution is 2.38. The van der Waals surface area contributed by atoms with Crippen LogP contribution in [0.3, 0.4) is 0 Å². The van der Waals surface area contributed by atoms with Gasteiger partial charge in [0.1, 0.15) is 11.6 Å². The van der Waals surface area contributed by atoms with Crippen LogP contribution in [0.4, 0.5) is 4.39 Å². The maximum Gasteiger partial charge on any atom is 0.261 e. The fraction of sp³-hybridized carbons (Fsp3) is 0.242. The fourth-order valence-corrected chi connectivity index (χ4v) is 5.15. The maximum absolute atomic E-state index is 13.2. The normalized spacial score (nSPS) is 15.9. The molecule has 5 rings (SSSR count). The number of nitrogens with one attached hydrogen (secondary N) is 1. The second-order valence-electron chi connectivity index (χ2n) is 9.99. The van der Waals surface area contributed by atoms with Crippen LogP contribution < -0.4 is 10.1 Å². The van der Waals surface area contributed by atoms with E-state index in [1.165, 1.54) is 39.9 Å². The first-order valence-corrected chi connectivity index (χ1v) is 13.1. The van der Waals surface area contributed by atoms with E-state index < -0.39 is 6.10 Å². The summed E-state index contributed by atoms with van der Waals surface area (Å²) < 4.78 is 19.3. The number of rotatable bonds is 8. The van der Waals surface area contributed by atoms with E-state index in [0.29, 0.717) is 12.3 Å². The van der Waals surface area contributed by atoms with Gasteiger partial charge in [-0.05, 0) is 72.4 Å². The van der Waals surface area contributed by atoms with E-state index in [1.54, 1.807) is 19.1 Å². The monoisotopic (exact) mass is 508 g/mol. The van der Waals surface area contributed by atoms with Crippen LogP contribution in [0.15, 0.2) is 97.1 Å². The Bertz CT molecular complexity index is 1390. The van der Waals surface area contributed by atoms with Gasteiger partial charge in [0.05, 0.1) is 6.04 Å². The second-order valence-corrected chi connectivity index (χ2v) is 9.99. The van der Waals surface area contributed by atoms with Crippen LogP contribution in [0.25, 0.3) is 0 Å². The molecular formula is C33H33FN2O2. The van der Waals surface area contributed by atoms with E-state index in [-0.39, 0.29) is 17.8 Å². The molecule has 38 heavy (non-hydrogen) atoms. The van der Waals surface area contributed by atoms with Crippen molar-refractivity contribution >= 4 is 5.91 Å². The van der Waals surface area contributed by atoms with Gasteiger partial charge in [-0.1, -0.05) is 78.4 Å². The van der Waals surface area contributed by atoms with Crippen molar-refractivity contribution in [1.82, 2.24) is 10.2 Å². The predicted octanol–water partition coefficient (Wildman–Crippen LogP) is 6.37. The molecule has 4 aromatic rings. The zero-order chi connectivity index (χ0) is 26.5. The molecule has 0 bridgehead atoms. The maximum atomic E-state index is 13.2. The average molecular weight is 509 g/mol. The summed E-state index contributed by atoms with van der Waals surface area (Å²) in [5.74, 6) is 0.162. The van der Waals surface area contributed by atoms with Gasteiger partial charge in [-0.2, -0.15) is 0 Å². The van der Waals surface area contributed by atoms with Crippen molar-refractivity contribution < 1.29 is 13.9 Å². The van der Waals surface area contributed by atoms with Gasteiger partial charge >= 0.3 is 0 Å². The summed E-state index contributed by atoms with van der Waals surface area (Å²) in [5, 5.41) is 2.88. The van der Waals surface area contributed by atoms with E-state index in [9.17, 15) is 9.18 Å². The van der Waals surface area contributed by atoms with Crippen molar-refractivity contribution in [1.29, 1.82) is 0 Å². The van der Waals surface area contributed by atoms with Crippen molar-refractivity contribution in [3.63, 3.8) is 0 Å². The van der Waals surface area contributed by atoms with Crippen LogP contribution in [0.1, 0.15) is 46.3 Å². The molecule has 0 saturated carbocycles. The molecule has 1 amide bonds. The average Bonchev–Trinajstić information content (AvgIpc) is 2.93. The lowest BCUT2D eigenvalue weighted by atomic mass is 9.87. The number of nitrogens with zero attached hydrogens (tertiary/aromatic N) is 1. The fourth-order valence-electron chi connectivity index (χ4n) is 5.15. The Labute approximate surface area is 224 Å². The van der Waals surface area contributed by atoms with Crippen molar-refractivity contribution in [2.24, 2.45) is 0 Å². The quantitative estimate of drug-likeness (QED) is 0.301. The first-order chi connectivity index (χ1) is 18.5. The van der Waals surface area contributed by atoms with Gasteiger partial charge in [-0.3, -0.25) is 9.69 Å². The molecule has 1 aliphatic heterocycles. The Kier molecular flexibility index (Phi) is 7.85. The number of amides is 1. The van der Waals surface area contributed by atoms with E-state index in [1.807, 2.05) is 12.1 Å². The number of fused-ring (bicyclic) bond motifs is 1. The Balaban J connectivity index is 1.35. The van der Waals surface area contributed by atoms with Gasteiger partial charge < -0.3 is 10.1 Å². The summed E-state index contributed by atoms with van der Waals surface area (Å²) in [6.07, 6.45) is 0.286. The molecular weight excluding hydrogens is 475 g/mol. The molecule has 4 nitrogen and oxygen atoms in total. The summed E-state index contributed by atoms with van der Waals surface area (Å²) in [6, 6.07) is 31.7. The lowest BCUT2D eigenvalue weighted by molar-refractivity contribution is -0.127. The number of aryl methyl sites for hydroxylation is 1. The van der Waals surface area contributed by atoms with Crippen LogP contribution in [0.5, 0.6) is 5.75 Å². The number of hydrogen-bond acceptors (Lipinski definition) is 3. The molecule has 0 unspecified atom stereocenters. The van der Waals surface area contributed by atoms with Gasteiger partial charge in [0.25, 0.3) is 5.91 Å². The van der Waals surface area contributed by atoms with Gasteiger partial charge in [-0.15, -0.1) is 0 Å². The van der Waals surface area contributed by atoms with Crippen LogP contribution >= 0.6 is 0 Å². The lowest BCUT2D eigenvalue weighted by Gasteiger charge is -2.38. The standard InChI is InChI=1S/C33H33FN2O2/c1-23-7-6-8-26(19-23)22-36-18-17-27-13-16-30(20-31(27)32(36)28-9-4-3-5-10-28)38-24(2)33(37)35-21-25-11-14-29(34)15-12-25/h3-16,19-20,24,32H,17-18,21-22H2,1-2H3,(H,35,37)/t24-,32-/m0/s1. The molecule has 1 heterocycles. The zero-order valence-electron chi connectivity index (χ0n) is 21.9. The summed E-state index contributed by atoms with van der Waals surface area (Å²) in [6.45, 7) is 6.01. The van der Waals surface area contributed by atoms with Crippen LogP contribution in [-0.2, 0) is 24.3 Å². The molecule has 0 radical (unpaired) electrons. The molecule has 4 aromatic carbocycles. The summed E-state index contributed by atoms with van der Waals surface area (Å²) in [4.78, 5) is 15.2. The molecule has 1 aliphatic rings. The van der Waals surface area contributed by atoms with E-state index in [0.717, 1.165) is 25.1 Å². The molecule has 0 aliphatic carbocycles. The highest BCUT2D eigenvalue weighted by molar-refractivity contribution is 5.80. The van der Waals surface area contributed by atoms with Crippen molar-refractivity contribution in [3.05, 3.63) is 136 Å². The predicted molar refractivity (Wildman–Crippen MR) is 148 cm³/mol. The van der Waals surface area contributed by atoms with E-state index in [4.69, 9.17) is 4.74 Å². The highest BCUT2D eigenvalue weighted by Gasteiger charge is 2.29. The van der Waals surface area contributed by atoms with Crippen LogP contribution in [0, 0.1) is 12.7 Å². The van der Waals surface area contributed by atoms with E-state index >= 15 is 0 Å².